The van der Waals surface area contributed by atoms with E-state index in [1.54, 1.807) is 23.7 Å². The lowest BCUT2D eigenvalue weighted by atomic mass is 10.2. The number of halogens is 1. The van der Waals surface area contributed by atoms with Crippen LogP contribution >= 0.6 is 11.3 Å². The van der Waals surface area contributed by atoms with E-state index < -0.39 is 17.6 Å². The number of nitrogens with one attached hydrogen (secondary N) is 2. The van der Waals surface area contributed by atoms with Gasteiger partial charge in [-0.25, -0.2) is 9.37 Å². The molecule has 1 aromatic carbocycles. The molecule has 25 heavy (non-hydrogen) atoms. The molecule has 2 heterocycles. The molecule has 3 aromatic rings. The zero-order valence-corrected chi connectivity index (χ0v) is 13.7. The van der Waals surface area contributed by atoms with Gasteiger partial charge in [-0.1, -0.05) is 18.2 Å². The molecule has 0 atom stereocenters. The van der Waals surface area contributed by atoms with E-state index in [0.717, 1.165) is 0 Å². The van der Waals surface area contributed by atoms with Crippen LogP contribution in [0.15, 0.2) is 54.0 Å². The van der Waals surface area contributed by atoms with Crippen molar-refractivity contribution in [3.05, 3.63) is 65.4 Å². The van der Waals surface area contributed by atoms with Crippen LogP contribution in [-0.4, -0.2) is 28.3 Å². The first-order valence-electron chi connectivity index (χ1n) is 7.33. The summed E-state index contributed by atoms with van der Waals surface area (Å²) in [5.74, 6) is -1.74. The Morgan fingerprint density at radius 3 is 2.64 bits per heavy atom. The van der Waals surface area contributed by atoms with Crippen molar-refractivity contribution in [3.8, 4) is 11.4 Å². The lowest BCUT2D eigenvalue weighted by Gasteiger charge is -2.05. The molecule has 0 saturated heterocycles. The molecule has 2 amide bonds. The summed E-state index contributed by atoms with van der Waals surface area (Å²) < 4.78 is 13.5. The van der Waals surface area contributed by atoms with Crippen LogP contribution in [0.2, 0.25) is 0 Å². The number of amides is 2. The Balaban J connectivity index is 1.56. The van der Waals surface area contributed by atoms with Crippen molar-refractivity contribution in [2.45, 2.75) is 0 Å². The highest BCUT2D eigenvalue weighted by atomic mass is 32.1. The van der Waals surface area contributed by atoms with Gasteiger partial charge in [0.05, 0.1) is 17.8 Å². The molecule has 0 unspecified atom stereocenters. The number of nitrogens with zero attached hydrogens (tertiary/aromatic N) is 2. The maximum atomic E-state index is 13.5. The zero-order valence-electron chi connectivity index (χ0n) is 12.9. The Hall–Kier alpha value is -3.13. The number of pyridine rings is 1. The third-order valence-corrected chi connectivity index (χ3v) is 3.96. The van der Waals surface area contributed by atoms with E-state index in [2.05, 4.69) is 20.6 Å². The van der Waals surface area contributed by atoms with Gasteiger partial charge in [-0.3, -0.25) is 14.6 Å². The Kier molecular flexibility index (Phi) is 5.10. The molecule has 6 nitrogen and oxygen atoms in total. The summed E-state index contributed by atoms with van der Waals surface area (Å²) in [7, 11) is 0. The summed E-state index contributed by atoms with van der Waals surface area (Å²) in [6.45, 7) is -0.286. The predicted octanol–water partition coefficient (Wildman–Crippen LogP) is 2.71. The minimum atomic E-state index is -0.651. The molecule has 0 aliphatic rings. The second kappa shape index (κ2) is 7.63. The lowest BCUT2D eigenvalue weighted by molar-refractivity contribution is -0.115. The summed E-state index contributed by atoms with van der Waals surface area (Å²) in [6, 6.07) is 11.0. The van der Waals surface area contributed by atoms with Gasteiger partial charge in [0.1, 0.15) is 11.5 Å². The minimum absolute atomic E-state index is 0.109. The van der Waals surface area contributed by atoms with Gasteiger partial charge in [-0.15, -0.1) is 11.3 Å². The second-order valence-electron chi connectivity index (χ2n) is 4.96. The van der Waals surface area contributed by atoms with Gasteiger partial charge in [0, 0.05) is 11.6 Å². The van der Waals surface area contributed by atoms with Crippen LogP contribution in [0.5, 0.6) is 0 Å². The number of anilines is 1. The van der Waals surface area contributed by atoms with E-state index in [-0.39, 0.29) is 12.1 Å². The summed E-state index contributed by atoms with van der Waals surface area (Å²) in [5.41, 5.74) is 1.24. The van der Waals surface area contributed by atoms with E-state index in [0.29, 0.717) is 16.5 Å². The first kappa shape index (κ1) is 16.7. The van der Waals surface area contributed by atoms with Crippen molar-refractivity contribution in [2.24, 2.45) is 0 Å². The average Bonchev–Trinajstić information content (AvgIpc) is 3.09. The predicted molar refractivity (Wildman–Crippen MR) is 92.7 cm³/mol. The average molecular weight is 356 g/mol. The molecule has 3 rings (SSSR count). The topological polar surface area (TPSA) is 84.0 Å². The van der Waals surface area contributed by atoms with Gasteiger partial charge in [0.25, 0.3) is 5.91 Å². The molecule has 2 aromatic heterocycles. The SMILES string of the molecule is O=C(CNC(=O)c1ccccc1F)Nc1nc(-c2ccccn2)cs1. The van der Waals surface area contributed by atoms with E-state index in [9.17, 15) is 14.0 Å². The van der Waals surface area contributed by atoms with E-state index >= 15 is 0 Å². The second-order valence-corrected chi connectivity index (χ2v) is 5.82. The number of thiazole rings is 1. The first-order chi connectivity index (χ1) is 12.1. The lowest BCUT2D eigenvalue weighted by Crippen LogP contribution is -2.33. The highest BCUT2D eigenvalue weighted by Crippen LogP contribution is 2.22. The number of aromatic nitrogens is 2. The van der Waals surface area contributed by atoms with Crippen molar-refractivity contribution >= 4 is 28.3 Å². The van der Waals surface area contributed by atoms with Crippen LogP contribution in [0.3, 0.4) is 0 Å². The number of carbonyl (C=O) groups excluding carboxylic acids is 2. The van der Waals surface area contributed by atoms with Crippen molar-refractivity contribution in [1.82, 2.24) is 15.3 Å². The number of hydrogen-bond acceptors (Lipinski definition) is 5. The summed E-state index contributed by atoms with van der Waals surface area (Å²) in [5, 5.41) is 7.13. The molecule has 0 bridgehead atoms. The third-order valence-electron chi connectivity index (χ3n) is 3.21. The Labute approximate surface area is 146 Å². The number of rotatable bonds is 5. The summed E-state index contributed by atoms with van der Waals surface area (Å²) in [4.78, 5) is 32.2. The molecule has 0 aliphatic heterocycles. The van der Waals surface area contributed by atoms with E-state index in [1.807, 2.05) is 12.1 Å². The fraction of sp³-hybridized carbons (Fsp3) is 0.0588. The van der Waals surface area contributed by atoms with E-state index in [1.165, 1.54) is 29.5 Å². The summed E-state index contributed by atoms with van der Waals surface area (Å²) in [6.07, 6.45) is 1.66. The quantitative estimate of drug-likeness (QED) is 0.736. The van der Waals surface area contributed by atoms with Crippen LogP contribution in [0.4, 0.5) is 9.52 Å². The zero-order chi connectivity index (χ0) is 17.6. The number of carbonyl (C=O) groups is 2. The maximum absolute atomic E-state index is 13.5. The molecule has 0 spiro atoms. The highest BCUT2D eigenvalue weighted by Gasteiger charge is 2.13. The van der Waals surface area contributed by atoms with Crippen molar-refractivity contribution in [1.29, 1.82) is 0 Å². The van der Waals surface area contributed by atoms with Crippen LogP contribution in [0.1, 0.15) is 10.4 Å². The van der Waals surface area contributed by atoms with Crippen molar-refractivity contribution in [3.63, 3.8) is 0 Å². The van der Waals surface area contributed by atoms with Crippen LogP contribution in [0.25, 0.3) is 11.4 Å². The van der Waals surface area contributed by atoms with Gasteiger partial charge in [-0.2, -0.15) is 0 Å². The monoisotopic (exact) mass is 356 g/mol. The molecule has 126 valence electrons. The normalized spacial score (nSPS) is 10.3. The molecule has 0 fully saturated rings. The fourth-order valence-corrected chi connectivity index (χ4v) is 2.75. The van der Waals surface area contributed by atoms with Crippen LogP contribution < -0.4 is 10.6 Å². The Bertz CT molecular complexity index is 898. The maximum Gasteiger partial charge on any atom is 0.254 e. The molecule has 0 saturated carbocycles. The molecular formula is C17H13FN4O2S. The molecule has 0 aliphatic carbocycles. The first-order valence-corrected chi connectivity index (χ1v) is 8.21. The summed E-state index contributed by atoms with van der Waals surface area (Å²) >= 11 is 1.25. The molecular weight excluding hydrogens is 343 g/mol. The minimum Gasteiger partial charge on any atom is -0.343 e. The standard InChI is InChI=1S/C17H13FN4O2S/c18-12-6-2-1-5-11(12)16(24)20-9-15(23)22-17-21-14(10-25-17)13-7-3-4-8-19-13/h1-8,10H,9H2,(H,20,24)(H,21,22,23). The number of hydrogen-bond donors (Lipinski definition) is 2. The van der Waals surface area contributed by atoms with Gasteiger partial charge >= 0.3 is 0 Å². The van der Waals surface area contributed by atoms with Gasteiger partial charge in [0.2, 0.25) is 5.91 Å². The van der Waals surface area contributed by atoms with Gasteiger partial charge in [-0.05, 0) is 24.3 Å². The van der Waals surface area contributed by atoms with Crippen molar-refractivity contribution < 1.29 is 14.0 Å². The fourth-order valence-electron chi connectivity index (χ4n) is 2.03. The Morgan fingerprint density at radius 2 is 1.88 bits per heavy atom. The van der Waals surface area contributed by atoms with Gasteiger partial charge in [0.15, 0.2) is 5.13 Å². The third kappa shape index (κ3) is 4.24. The highest BCUT2D eigenvalue weighted by molar-refractivity contribution is 7.14. The molecule has 0 radical (unpaired) electrons. The Morgan fingerprint density at radius 1 is 1.08 bits per heavy atom. The molecule has 2 N–H and O–H groups in total. The molecule has 8 heteroatoms. The van der Waals surface area contributed by atoms with Gasteiger partial charge < -0.3 is 10.6 Å². The van der Waals surface area contributed by atoms with Crippen LogP contribution in [-0.2, 0) is 4.79 Å². The largest absolute Gasteiger partial charge is 0.343 e. The number of benzene rings is 1. The van der Waals surface area contributed by atoms with Crippen LogP contribution in [0, 0.1) is 5.82 Å². The van der Waals surface area contributed by atoms with E-state index in [4.69, 9.17) is 0 Å². The smallest absolute Gasteiger partial charge is 0.254 e. The van der Waals surface area contributed by atoms with Crippen molar-refractivity contribution in [2.75, 3.05) is 11.9 Å².